The first kappa shape index (κ1) is 12.3. The van der Waals surface area contributed by atoms with Crippen molar-refractivity contribution in [1.82, 2.24) is 0 Å². The zero-order valence-corrected chi connectivity index (χ0v) is 7.96. The van der Waals surface area contributed by atoms with Gasteiger partial charge in [-0.3, -0.25) is 0 Å². The third kappa shape index (κ3) is 15.6. The van der Waals surface area contributed by atoms with Crippen molar-refractivity contribution < 1.29 is 9.22 Å². The molecule has 4 heteroatoms. The van der Waals surface area contributed by atoms with E-state index in [0.717, 1.165) is 6.08 Å². The first-order valence-electron chi connectivity index (χ1n) is 3.29. The predicted molar refractivity (Wildman–Crippen MR) is 43.5 cm³/mol. The van der Waals surface area contributed by atoms with Gasteiger partial charge < -0.3 is 4.43 Å². The van der Waals surface area contributed by atoms with Crippen molar-refractivity contribution in [2.75, 3.05) is 7.11 Å². The van der Waals surface area contributed by atoms with Crippen LogP contribution in [0.1, 0.15) is 13.3 Å². The summed E-state index contributed by atoms with van der Waals surface area (Å²) in [6, 6.07) is 1.32. The lowest BCUT2D eigenvalue weighted by atomic mass is 10.6. The molecule has 60 valence electrons. The molecule has 0 aromatic carbocycles. The van der Waals surface area contributed by atoms with Gasteiger partial charge in [-0.15, -0.1) is 0 Å². The maximum absolute atomic E-state index is 8.35. The molecule has 0 aromatic rings. The molecule has 0 bridgehead atoms. The molecule has 1 unspecified atom stereocenters. The Morgan fingerprint density at radius 3 is 2.20 bits per heavy atom. The Labute approximate surface area is 63.6 Å². The Hall–Kier alpha value is -0.443. The largest absolute Gasteiger partial charge is 0.423 e. The van der Waals surface area contributed by atoms with Crippen LogP contribution in [0.15, 0.2) is 0 Å². The molecule has 0 saturated heterocycles. The van der Waals surface area contributed by atoms with Crippen molar-refractivity contribution in [3.8, 4) is 0 Å². The summed E-state index contributed by atoms with van der Waals surface area (Å²) in [6.07, 6.45) is 2.03. The van der Waals surface area contributed by atoms with Crippen molar-refractivity contribution >= 4 is 15.1 Å². The highest BCUT2D eigenvalue weighted by Gasteiger charge is 1.96. The maximum atomic E-state index is 8.35. The molecule has 0 saturated carbocycles. The molecular formula is C6H15NO2Si. The Kier molecular flexibility index (Phi) is 13.9. The van der Waals surface area contributed by atoms with Crippen LogP contribution < -0.4 is 0 Å². The summed E-state index contributed by atoms with van der Waals surface area (Å²) in [5.41, 5.74) is 0. The minimum Gasteiger partial charge on any atom is -0.423 e. The summed E-state index contributed by atoms with van der Waals surface area (Å²) in [7, 11) is 1.13. The van der Waals surface area contributed by atoms with Crippen LogP contribution in [0.3, 0.4) is 0 Å². The van der Waals surface area contributed by atoms with E-state index in [1.165, 1.54) is 12.5 Å². The van der Waals surface area contributed by atoms with Crippen molar-refractivity contribution in [3.05, 3.63) is 0 Å². The standard InChI is InChI=1S/C5H14OSi.CHNO/c1-4-5-7(3)6-2;2-1-3/h7H,4-5H2,1-3H3;2H. The van der Waals surface area contributed by atoms with Crippen molar-refractivity contribution in [3.63, 3.8) is 0 Å². The molecule has 10 heavy (non-hydrogen) atoms. The van der Waals surface area contributed by atoms with Gasteiger partial charge in [-0.25, -0.2) is 10.2 Å². The molecule has 3 nitrogen and oxygen atoms in total. The predicted octanol–water partition coefficient (Wildman–Crippen LogP) is 1.30. The van der Waals surface area contributed by atoms with Gasteiger partial charge in [-0.1, -0.05) is 13.3 Å². The van der Waals surface area contributed by atoms with Crippen LogP contribution in [0.5, 0.6) is 0 Å². The molecule has 0 heterocycles. The van der Waals surface area contributed by atoms with Crippen LogP contribution in [0.2, 0.25) is 12.6 Å². The second-order valence-corrected chi connectivity index (χ2v) is 4.61. The van der Waals surface area contributed by atoms with Crippen LogP contribution >= 0.6 is 0 Å². The third-order valence-electron chi connectivity index (χ3n) is 1.10. The highest BCUT2D eigenvalue weighted by Crippen LogP contribution is 1.94. The van der Waals surface area contributed by atoms with Gasteiger partial charge in [0.1, 0.15) is 0 Å². The fourth-order valence-electron chi connectivity index (χ4n) is 0.524. The second kappa shape index (κ2) is 11.4. The molecule has 0 fully saturated rings. The monoisotopic (exact) mass is 161 g/mol. The van der Waals surface area contributed by atoms with Gasteiger partial charge in [-0.2, -0.15) is 0 Å². The first-order chi connectivity index (χ1) is 4.72. The van der Waals surface area contributed by atoms with E-state index in [-0.39, 0.29) is 0 Å². The fourth-order valence-corrected chi connectivity index (χ4v) is 1.57. The van der Waals surface area contributed by atoms with Crippen LogP contribution in [0.4, 0.5) is 0 Å². The Morgan fingerprint density at radius 2 is 2.10 bits per heavy atom. The van der Waals surface area contributed by atoms with Crippen molar-refractivity contribution in [1.29, 1.82) is 5.41 Å². The Balaban J connectivity index is 0. The minimum absolute atomic E-state index is 0.681. The highest BCUT2D eigenvalue weighted by atomic mass is 28.3. The average Bonchev–Trinajstić information content (AvgIpc) is 1.90. The Bertz CT molecular complexity index is 91.7. The number of hydrogen-bond donors (Lipinski definition) is 1. The van der Waals surface area contributed by atoms with Crippen LogP contribution in [0.25, 0.3) is 0 Å². The van der Waals surface area contributed by atoms with E-state index in [1.807, 2.05) is 7.11 Å². The van der Waals surface area contributed by atoms with Crippen LogP contribution in [-0.4, -0.2) is 22.2 Å². The van der Waals surface area contributed by atoms with E-state index in [9.17, 15) is 0 Å². The second-order valence-electron chi connectivity index (χ2n) is 1.94. The molecule has 1 N–H and O–H groups in total. The molecule has 0 aliphatic rings. The molecule has 0 aromatic heterocycles. The normalized spacial score (nSPS) is 10.7. The fraction of sp³-hybridized carbons (Fsp3) is 0.833. The lowest BCUT2D eigenvalue weighted by Gasteiger charge is -2.02. The average molecular weight is 161 g/mol. The number of isocyanates is 1. The molecule has 0 radical (unpaired) electrons. The highest BCUT2D eigenvalue weighted by molar-refractivity contribution is 6.50. The minimum atomic E-state index is -0.681. The zero-order valence-electron chi connectivity index (χ0n) is 6.81. The van der Waals surface area contributed by atoms with E-state index in [2.05, 4.69) is 13.5 Å². The van der Waals surface area contributed by atoms with E-state index >= 15 is 0 Å². The summed E-state index contributed by atoms with van der Waals surface area (Å²) in [5.74, 6) is 0. The number of nitrogens with one attached hydrogen (secondary N) is 1. The number of carbonyl (C=O) groups excluding carboxylic acids is 1. The summed E-state index contributed by atoms with van der Waals surface area (Å²) in [4.78, 5) is 8.35. The summed E-state index contributed by atoms with van der Waals surface area (Å²) in [5, 5.41) is 5.40. The van der Waals surface area contributed by atoms with Crippen molar-refractivity contribution in [2.45, 2.75) is 25.9 Å². The first-order valence-corrected chi connectivity index (χ1v) is 5.73. The molecular weight excluding hydrogens is 146 g/mol. The van der Waals surface area contributed by atoms with Gasteiger partial charge >= 0.3 is 0 Å². The van der Waals surface area contributed by atoms with Crippen LogP contribution in [0, 0.1) is 5.41 Å². The van der Waals surface area contributed by atoms with E-state index in [1.54, 1.807) is 0 Å². The van der Waals surface area contributed by atoms with Gasteiger partial charge in [0.05, 0.1) is 0 Å². The summed E-state index contributed by atoms with van der Waals surface area (Å²) >= 11 is 0. The molecule has 0 aliphatic heterocycles. The van der Waals surface area contributed by atoms with Crippen molar-refractivity contribution in [2.24, 2.45) is 0 Å². The van der Waals surface area contributed by atoms with Gasteiger partial charge in [0, 0.05) is 7.11 Å². The Morgan fingerprint density at radius 1 is 1.70 bits per heavy atom. The van der Waals surface area contributed by atoms with Gasteiger partial charge in [-0.05, 0) is 12.6 Å². The van der Waals surface area contributed by atoms with Gasteiger partial charge in [0.15, 0.2) is 9.04 Å². The number of hydrogen-bond acceptors (Lipinski definition) is 3. The molecule has 0 rings (SSSR count). The lowest BCUT2D eigenvalue weighted by molar-refractivity contribution is 0.423. The third-order valence-corrected chi connectivity index (χ3v) is 3.29. The maximum Gasteiger partial charge on any atom is 0.231 e. The summed E-state index contributed by atoms with van der Waals surface area (Å²) in [6.45, 7) is 4.42. The van der Waals surface area contributed by atoms with E-state index in [4.69, 9.17) is 14.6 Å². The topological polar surface area (TPSA) is 50.1 Å². The van der Waals surface area contributed by atoms with Gasteiger partial charge in [0.25, 0.3) is 0 Å². The molecule has 0 amide bonds. The van der Waals surface area contributed by atoms with E-state index in [0.29, 0.717) is 0 Å². The quantitative estimate of drug-likeness (QED) is 0.385. The van der Waals surface area contributed by atoms with Crippen LogP contribution in [-0.2, 0) is 9.22 Å². The number of rotatable bonds is 3. The molecule has 1 atom stereocenters. The SMILES string of the molecule is CCC[SiH](C)OC.N=C=O. The molecule has 0 aliphatic carbocycles. The van der Waals surface area contributed by atoms with E-state index < -0.39 is 9.04 Å². The summed E-state index contributed by atoms with van der Waals surface area (Å²) < 4.78 is 5.13. The molecule has 0 spiro atoms. The lowest BCUT2D eigenvalue weighted by Crippen LogP contribution is -2.07. The zero-order chi connectivity index (χ0) is 8.41. The van der Waals surface area contributed by atoms with Gasteiger partial charge in [0.2, 0.25) is 6.08 Å². The smallest absolute Gasteiger partial charge is 0.231 e.